The molecule has 0 fully saturated rings. The van der Waals surface area contributed by atoms with E-state index in [-0.39, 0.29) is 30.1 Å². The summed E-state index contributed by atoms with van der Waals surface area (Å²) in [6.45, 7) is 0. The normalized spacial score (nSPS) is 10.6. The second kappa shape index (κ2) is 7.02. The van der Waals surface area contributed by atoms with Gasteiger partial charge in [-0.1, -0.05) is 12.1 Å². The lowest BCUT2D eigenvalue weighted by Gasteiger charge is -2.06. The molecule has 0 radical (unpaired) electrons. The average Bonchev–Trinajstić information content (AvgIpc) is 2.45. The van der Waals surface area contributed by atoms with Gasteiger partial charge < -0.3 is 10.2 Å². The van der Waals surface area contributed by atoms with E-state index in [1.54, 1.807) is 0 Å². The van der Waals surface area contributed by atoms with Crippen molar-refractivity contribution >= 4 is 5.78 Å². The Balaban J connectivity index is 1.85. The molecule has 0 saturated heterocycles. The number of aryl methyl sites for hydroxylation is 2. The first kappa shape index (κ1) is 15.9. The molecule has 2 aromatic rings. The molecule has 2 rings (SSSR count). The van der Waals surface area contributed by atoms with E-state index < -0.39 is 11.6 Å². The number of benzene rings is 2. The smallest absolute Gasteiger partial charge is 0.133 e. The number of carbonyl (C=O) groups is 1. The first-order valence-electron chi connectivity index (χ1n) is 6.92. The standard InChI is InChI=1S/C17H16F2O3/c18-13-5-1-11(16(21)9-13)3-7-15(20)8-4-12-2-6-14(19)10-17(12)22/h1-2,5-6,9-10,21-22H,3-4,7-8H2. The molecule has 0 aliphatic rings. The zero-order valence-electron chi connectivity index (χ0n) is 11.9. The predicted molar refractivity (Wildman–Crippen MR) is 77.8 cm³/mol. The van der Waals surface area contributed by atoms with E-state index in [0.717, 1.165) is 12.1 Å². The van der Waals surface area contributed by atoms with Crippen LogP contribution in [0.3, 0.4) is 0 Å². The second-order valence-electron chi connectivity index (χ2n) is 5.08. The topological polar surface area (TPSA) is 57.5 Å². The zero-order chi connectivity index (χ0) is 16.1. The van der Waals surface area contributed by atoms with Gasteiger partial charge in [0, 0.05) is 25.0 Å². The number of phenols is 2. The van der Waals surface area contributed by atoms with Gasteiger partial charge >= 0.3 is 0 Å². The van der Waals surface area contributed by atoms with Gasteiger partial charge in [0.25, 0.3) is 0 Å². The number of hydrogen-bond acceptors (Lipinski definition) is 3. The Bertz CT molecular complexity index is 626. The van der Waals surface area contributed by atoms with Gasteiger partial charge in [0.15, 0.2) is 0 Å². The first-order valence-corrected chi connectivity index (χ1v) is 6.92. The van der Waals surface area contributed by atoms with Gasteiger partial charge in [-0.25, -0.2) is 8.78 Å². The fourth-order valence-corrected chi connectivity index (χ4v) is 2.17. The Morgan fingerprint density at radius 2 is 1.23 bits per heavy atom. The van der Waals surface area contributed by atoms with Crippen LogP contribution in [0.5, 0.6) is 11.5 Å². The molecule has 0 amide bonds. The van der Waals surface area contributed by atoms with Gasteiger partial charge in [-0.2, -0.15) is 0 Å². The Morgan fingerprint density at radius 3 is 1.59 bits per heavy atom. The molecule has 0 aromatic heterocycles. The van der Waals surface area contributed by atoms with Crippen molar-refractivity contribution in [1.29, 1.82) is 0 Å². The molecule has 2 aromatic carbocycles. The van der Waals surface area contributed by atoms with Crippen LogP contribution >= 0.6 is 0 Å². The molecule has 0 saturated carbocycles. The highest BCUT2D eigenvalue weighted by molar-refractivity contribution is 5.79. The number of ketones is 1. The summed E-state index contributed by atoms with van der Waals surface area (Å²) < 4.78 is 25.7. The van der Waals surface area contributed by atoms with E-state index in [1.165, 1.54) is 24.3 Å². The molecule has 0 spiro atoms. The minimum atomic E-state index is -0.528. The molecule has 0 aliphatic heterocycles. The van der Waals surface area contributed by atoms with Crippen molar-refractivity contribution in [3.8, 4) is 11.5 Å². The lowest BCUT2D eigenvalue weighted by atomic mass is 10.0. The molecule has 0 heterocycles. The summed E-state index contributed by atoms with van der Waals surface area (Å²) in [5.41, 5.74) is 1.03. The van der Waals surface area contributed by atoms with Crippen LogP contribution in [0.1, 0.15) is 24.0 Å². The third-order valence-corrected chi connectivity index (χ3v) is 3.44. The van der Waals surface area contributed by atoms with Crippen LogP contribution in [0.4, 0.5) is 8.78 Å². The maximum atomic E-state index is 12.8. The lowest BCUT2D eigenvalue weighted by molar-refractivity contribution is -0.119. The van der Waals surface area contributed by atoms with E-state index >= 15 is 0 Å². The number of halogens is 2. The van der Waals surface area contributed by atoms with Gasteiger partial charge in [-0.3, -0.25) is 4.79 Å². The number of phenolic OH excluding ortho intramolecular Hbond substituents is 2. The third kappa shape index (κ3) is 4.28. The number of hydrogen-bond donors (Lipinski definition) is 2. The van der Waals surface area contributed by atoms with Crippen molar-refractivity contribution < 1.29 is 23.8 Å². The Hall–Kier alpha value is -2.43. The van der Waals surface area contributed by atoms with Crippen molar-refractivity contribution in [3.63, 3.8) is 0 Å². The van der Waals surface area contributed by atoms with Gasteiger partial charge in [0.2, 0.25) is 0 Å². The van der Waals surface area contributed by atoms with Crippen LogP contribution in [0.15, 0.2) is 36.4 Å². The maximum absolute atomic E-state index is 12.8. The number of aromatic hydroxyl groups is 2. The first-order chi connectivity index (χ1) is 10.5. The fourth-order valence-electron chi connectivity index (χ4n) is 2.17. The van der Waals surface area contributed by atoms with Crippen LogP contribution in [-0.2, 0) is 17.6 Å². The van der Waals surface area contributed by atoms with Gasteiger partial charge in [-0.05, 0) is 36.1 Å². The number of carbonyl (C=O) groups excluding carboxylic acids is 1. The van der Waals surface area contributed by atoms with Crippen LogP contribution in [0.2, 0.25) is 0 Å². The van der Waals surface area contributed by atoms with Crippen molar-refractivity contribution in [3.05, 3.63) is 59.2 Å². The monoisotopic (exact) mass is 306 g/mol. The predicted octanol–water partition coefficient (Wildman–Crippen LogP) is 3.51. The van der Waals surface area contributed by atoms with Crippen LogP contribution < -0.4 is 0 Å². The minimum absolute atomic E-state index is 0.0487. The summed E-state index contributed by atoms with van der Waals surface area (Å²) in [7, 11) is 0. The highest BCUT2D eigenvalue weighted by Gasteiger charge is 2.09. The number of Topliss-reactive ketones (excluding diaryl/α,β-unsaturated/α-hetero) is 1. The fraction of sp³-hybridized carbons (Fsp3) is 0.235. The van der Waals surface area contributed by atoms with Crippen molar-refractivity contribution in [2.75, 3.05) is 0 Å². The Morgan fingerprint density at radius 1 is 0.818 bits per heavy atom. The second-order valence-corrected chi connectivity index (χ2v) is 5.08. The van der Waals surface area contributed by atoms with Crippen LogP contribution in [-0.4, -0.2) is 16.0 Å². The maximum Gasteiger partial charge on any atom is 0.133 e. The van der Waals surface area contributed by atoms with Crippen molar-refractivity contribution in [1.82, 2.24) is 0 Å². The SMILES string of the molecule is O=C(CCc1ccc(F)cc1O)CCc1ccc(F)cc1O. The molecule has 22 heavy (non-hydrogen) atoms. The summed E-state index contributed by atoms with van der Waals surface area (Å²) in [6.07, 6.45) is 1.06. The molecule has 3 nitrogen and oxygen atoms in total. The quantitative estimate of drug-likeness (QED) is 0.858. The summed E-state index contributed by atoms with van der Waals surface area (Å²) in [5.74, 6) is -1.43. The molecule has 0 atom stereocenters. The van der Waals surface area contributed by atoms with E-state index in [4.69, 9.17) is 0 Å². The van der Waals surface area contributed by atoms with E-state index in [2.05, 4.69) is 0 Å². The summed E-state index contributed by atoms with van der Waals surface area (Å²) in [6, 6.07) is 7.38. The van der Waals surface area contributed by atoms with Crippen LogP contribution in [0, 0.1) is 11.6 Å². The summed E-state index contributed by atoms with van der Waals surface area (Å²) >= 11 is 0. The highest BCUT2D eigenvalue weighted by Crippen LogP contribution is 2.22. The molecular weight excluding hydrogens is 290 g/mol. The molecule has 0 unspecified atom stereocenters. The average molecular weight is 306 g/mol. The van der Waals surface area contributed by atoms with Gasteiger partial charge in [0.1, 0.15) is 28.9 Å². The Labute approximate surface area is 126 Å². The highest BCUT2D eigenvalue weighted by atomic mass is 19.1. The lowest BCUT2D eigenvalue weighted by Crippen LogP contribution is -2.02. The Kier molecular flexibility index (Phi) is 5.09. The summed E-state index contributed by atoms with van der Waals surface area (Å²) in [5, 5.41) is 19.1. The van der Waals surface area contributed by atoms with Gasteiger partial charge in [-0.15, -0.1) is 0 Å². The molecule has 0 bridgehead atoms. The van der Waals surface area contributed by atoms with E-state index in [0.29, 0.717) is 24.0 Å². The molecule has 5 heteroatoms. The molecule has 2 N–H and O–H groups in total. The van der Waals surface area contributed by atoms with Crippen molar-refractivity contribution in [2.24, 2.45) is 0 Å². The molecule has 0 aliphatic carbocycles. The summed E-state index contributed by atoms with van der Waals surface area (Å²) in [4.78, 5) is 11.8. The van der Waals surface area contributed by atoms with E-state index in [9.17, 15) is 23.8 Å². The third-order valence-electron chi connectivity index (χ3n) is 3.44. The molecular formula is C17H16F2O3. The number of rotatable bonds is 6. The minimum Gasteiger partial charge on any atom is -0.508 e. The van der Waals surface area contributed by atoms with E-state index in [1.807, 2.05) is 0 Å². The largest absolute Gasteiger partial charge is 0.508 e. The molecule has 116 valence electrons. The van der Waals surface area contributed by atoms with Crippen molar-refractivity contribution in [2.45, 2.75) is 25.7 Å². The van der Waals surface area contributed by atoms with Crippen LogP contribution in [0.25, 0.3) is 0 Å². The zero-order valence-corrected chi connectivity index (χ0v) is 11.9. The van der Waals surface area contributed by atoms with Gasteiger partial charge in [0.05, 0.1) is 0 Å².